The zero-order chi connectivity index (χ0) is 13.0. The van der Waals surface area contributed by atoms with Crippen LogP contribution in [-0.2, 0) is 4.79 Å². The largest absolute Gasteiger partial charge is 0.384 e. The lowest BCUT2D eigenvalue weighted by molar-refractivity contribution is -0.118. The van der Waals surface area contributed by atoms with Gasteiger partial charge in [0.05, 0.1) is 0 Å². The molecule has 1 rings (SSSR count). The summed E-state index contributed by atoms with van der Waals surface area (Å²) in [6, 6.07) is 1.56. The van der Waals surface area contributed by atoms with Gasteiger partial charge in [-0.1, -0.05) is 13.8 Å². The van der Waals surface area contributed by atoms with Crippen LogP contribution in [-0.4, -0.2) is 21.9 Å². The number of hydrogen-bond acceptors (Lipinski definition) is 5. The number of rotatable bonds is 5. The van der Waals surface area contributed by atoms with Gasteiger partial charge in [0, 0.05) is 24.4 Å². The van der Waals surface area contributed by atoms with Gasteiger partial charge in [0.25, 0.3) is 0 Å². The molecule has 17 heavy (non-hydrogen) atoms. The predicted molar refractivity (Wildman–Crippen MR) is 67.4 cm³/mol. The lowest BCUT2D eigenvalue weighted by Crippen LogP contribution is -2.24. The quantitative estimate of drug-likeness (QED) is 0.704. The molecule has 0 aliphatic carbocycles. The first-order valence-electron chi connectivity index (χ1n) is 5.57. The van der Waals surface area contributed by atoms with E-state index in [-0.39, 0.29) is 24.3 Å². The van der Waals surface area contributed by atoms with Crippen LogP contribution in [0.3, 0.4) is 0 Å². The van der Waals surface area contributed by atoms with E-state index in [2.05, 4.69) is 15.3 Å². The molecule has 0 spiro atoms. The van der Waals surface area contributed by atoms with E-state index in [1.807, 2.05) is 20.8 Å². The van der Waals surface area contributed by atoms with Crippen molar-refractivity contribution in [3.63, 3.8) is 0 Å². The fraction of sp³-hybridized carbons (Fsp3) is 0.545. The number of hydrogen-bond donors (Lipinski definition) is 3. The third-order valence-corrected chi connectivity index (χ3v) is 2.18. The number of anilines is 2. The molecule has 1 unspecified atom stereocenters. The number of aromatic nitrogens is 2. The molecule has 0 fully saturated rings. The number of carbonyl (C=O) groups is 1. The summed E-state index contributed by atoms with van der Waals surface area (Å²) < 4.78 is 0. The minimum absolute atomic E-state index is 0.0817. The number of nitrogens with one attached hydrogen (secondary N) is 1. The summed E-state index contributed by atoms with van der Waals surface area (Å²) in [6.07, 6.45) is 0.251. The van der Waals surface area contributed by atoms with Crippen LogP contribution in [0.5, 0.6) is 0 Å². The zero-order valence-electron chi connectivity index (χ0n) is 10.4. The average molecular weight is 237 g/mol. The second-order valence-corrected chi connectivity index (χ2v) is 4.41. The van der Waals surface area contributed by atoms with Gasteiger partial charge in [-0.2, -0.15) is 0 Å². The highest BCUT2D eigenvalue weighted by Crippen LogP contribution is 2.15. The van der Waals surface area contributed by atoms with Crippen molar-refractivity contribution in [3.8, 4) is 0 Å². The summed E-state index contributed by atoms with van der Waals surface area (Å²) in [4.78, 5) is 19.2. The Hall–Kier alpha value is -1.85. The fourth-order valence-corrected chi connectivity index (χ4v) is 1.42. The zero-order valence-corrected chi connectivity index (χ0v) is 10.4. The van der Waals surface area contributed by atoms with Crippen LogP contribution < -0.4 is 16.8 Å². The molecule has 1 atom stereocenters. The third-order valence-electron chi connectivity index (χ3n) is 2.18. The smallest absolute Gasteiger partial charge is 0.219 e. The van der Waals surface area contributed by atoms with Crippen LogP contribution in [0, 0.1) is 0 Å². The number of carbonyl (C=O) groups excluding carboxylic acids is 1. The first-order valence-corrected chi connectivity index (χ1v) is 5.57. The number of primary amides is 1. The van der Waals surface area contributed by atoms with Gasteiger partial charge >= 0.3 is 0 Å². The minimum Gasteiger partial charge on any atom is -0.384 e. The molecule has 5 N–H and O–H groups in total. The van der Waals surface area contributed by atoms with E-state index in [0.29, 0.717) is 17.5 Å². The Morgan fingerprint density at radius 2 is 2.06 bits per heavy atom. The van der Waals surface area contributed by atoms with Gasteiger partial charge in [-0.15, -0.1) is 0 Å². The van der Waals surface area contributed by atoms with Crippen LogP contribution in [0.2, 0.25) is 0 Å². The van der Waals surface area contributed by atoms with Crippen molar-refractivity contribution in [2.24, 2.45) is 5.73 Å². The summed E-state index contributed by atoms with van der Waals surface area (Å²) in [7, 11) is 0. The Bertz CT molecular complexity index is 405. The standard InChI is InChI=1S/C11H19N5O/c1-6(2)11-15-8(12)5-10(16-11)14-7(3)4-9(13)17/h5-7H,4H2,1-3H3,(H2,13,17)(H3,12,14,15,16). The highest BCUT2D eigenvalue weighted by molar-refractivity contribution is 5.74. The molecule has 6 nitrogen and oxygen atoms in total. The van der Waals surface area contributed by atoms with E-state index < -0.39 is 0 Å². The van der Waals surface area contributed by atoms with Crippen molar-refractivity contribution in [3.05, 3.63) is 11.9 Å². The summed E-state index contributed by atoms with van der Waals surface area (Å²) in [5.41, 5.74) is 10.8. The van der Waals surface area contributed by atoms with Crippen LogP contribution in [0.15, 0.2) is 6.07 Å². The predicted octanol–water partition coefficient (Wildman–Crippen LogP) is 0.858. The maximum Gasteiger partial charge on any atom is 0.219 e. The molecule has 0 saturated carbocycles. The number of nitrogens with two attached hydrogens (primary N) is 2. The molecule has 6 heteroatoms. The normalized spacial score (nSPS) is 12.5. The van der Waals surface area contributed by atoms with Gasteiger partial charge < -0.3 is 16.8 Å². The Kier molecular flexibility index (Phi) is 4.25. The first-order chi connectivity index (χ1) is 7.88. The van der Waals surface area contributed by atoms with Gasteiger partial charge in [-0.05, 0) is 6.92 Å². The molecule has 0 radical (unpaired) electrons. The first kappa shape index (κ1) is 13.2. The van der Waals surface area contributed by atoms with Crippen LogP contribution in [0.4, 0.5) is 11.6 Å². The molecule has 0 saturated heterocycles. The molecule has 0 aliphatic heterocycles. The Morgan fingerprint density at radius 3 is 2.59 bits per heavy atom. The second-order valence-electron chi connectivity index (χ2n) is 4.41. The van der Waals surface area contributed by atoms with Crippen molar-refractivity contribution >= 4 is 17.5 Å². The Balaban J connectivity index is 2.80. The number of amides is 1. The second kappa shape index (κ2) is 5.47. The van der Waals surface area contributed by atoms with E-state index in [1.54, 1.807) is 6.07 Å². The fourth-order valence-electron chi connectivity index (χ4n) is 1.42. The number of nitrogens with zero attached hydrogens (tertiary/aromatic N) is 2. The third kappa shape index (κ3) is 4.26. The lowest BCUT2D eigenvalue weighted by atomic mass is 10.2. The Morgan fingerprint density at radius 1 is 1.41 bits per heavy atom. The summed E-state index contributed by atoms with van der Waals surface area (Å²) >= 11 is 0. The van der Waals surface area contributed by atoms with Crippen molar-refractivity contribution in [2.75, 3.05) is 11.1 Å². The molecule has 1 aromatic rings. The van der Waals surface area contributed by atoms with Gasteiger partial charge in [0.1, 0.15) is 17.5 Å². The monoisotopic (exact) mass is 237 g/mol. The van der Waals surface area contributed by atoms with Crippen LogP contribution in [0.1, 0.15) is 38.9 Å². The maximum absolute atomic E-state index is 10.8. The molecule has 1 heterocycles. The molecular formula is C11H19N5O. The molecular weight excluding hydrogens is 218 g/mol. The number of nitrogen functional groups attached to an aromatic ring is 1. The van der Waals surface area contributed by atoms with Gasteiger partial charge in [-0.25, -0.2) is 9.97 Å². The summed E-state index contributed by atoms with van der Waals surface area (Å²) in [5.74, 6) is 1.56. The molecule has 0 aliphatic rings. The highest BCUT2D eigenvalue weighted by Gasteiger charge is 2.10. The highest BCUT2D eigenvalue weighted by atomic mass is 16.1. The van der Waals surface area contributed by atoms with Gasteiger partial charge in [0.2, 0.25) is 5.91 Å². The van der Waals surface area contributed by atoms with Crippen LogP contribution in [0.25, 0.3) is 0 Å². The van der Waals surface area contributed by atoms with Gasteiger partial charge in [0.15, 0.2) is 0 Å². The SMILES string of the molecule is CC(CC(N)=O)Nc1cc(N)nc(C(C)C)n1. The van der Waals surface area contributed by atoms with E-state index in [9.17, 15) is 4.79 Å². The summed E-state index contributed by atoms with van der Waals surface area (Å²) in [5, 5.41) is 3.08. The Labute approximate surface area is 101 Å². The topological polar surface area (TPSA) is 107 Å². The molecule has 0 bridgehead atoms. The summed E-state index contributed by atoms with van der Waals surface area (Å²) in [6.45, 7) is 5.84. The van der Waals surface area contributed by atoms with E-state index in [1.165, 1.54) is 0 Å². The molecule has 1 amide bonds. The minimum atomic E-state index is -0.351. The van der Waals surface area contributed by atoms with Crippen molar-refractivity contribution < 1.29 is 4.79 Å². The molecule has 94 valence electrons. The molecule has 1 aromatic heterocycles. The van der Waals surface area contributed by atoms with Crippen LogP contribution >= 0.6 is 0 Å². The van der Waals surface area contributed by atoms with Crippen molar-refractivity contribution in [2.45, 2.75) is 39.2 Å². The van der Waals surface area contributed by atoms with E-state index in [0.717, 1.165) is 0 Å². The van der Waals surface area contributed by atoms with Crippen molar-refractivity contribution in [1.82, 2.24) is 9.97 Å². The van der Waals surface area contributed by atoms with E-state index >= 15 is 0 Å². The van der Waals surface area contributed by atoms with Gasteiger partial charge in [-0.3, -0.25) is 4.79 Å². The lowest BCUT2D eigenvalue weighted by Gasteiger charge is -2.14. The molecule has 0 aromatic carbocycles. The maximum atomic E-state index is 10.8. The average Bonchev–Trinajstić information content (AvgIpc) is 2.14. The van der Waals surface area contributed by atoms with Crippen molar-refractivity contribution in [1.29, 1.82) is 0 Å². The van der Waals surface area contributed by atoms with E-state index in [4.69, 9.17) is 11.5 Å².